The van der Waals surface area contributed by atoms with Crippen molar-refractivity contribution in [1.82, 2.24) is 0 Å². The smallest absolute Gasteiger partial charge is 0.302 e. The third kappa shape index (κ3) is 3.95. The fourth-order valence-electron chi connectivity index (χ4n) is 2.30. The average molecular weight is 258 g/mol. The lowest BCUT2D eigenvalue weighted by Gasteiger charge is -2.43. The first kappa shape index (κ1) is 15.4. The molecule has 1 saturated heterocycles. The Hall–Kier alpha value is -0.610. The number of rotatable bonds is 5. The SMILES string of the molecule is CCCO[C@H]1OC(COC(C)=O)[C@H](C)[C@H](C)C1C. The van der Waals surface area contributed by atoms with Gasteiger partial charge in [-0.1, -0.05) is 27.7 Å². The van der Waals surface area contributed by atoms with Crippen molar-refractivity contribution in [2.45, 2.75) is 53.4 Å². The van der Waals surface area contributed by atoms with Crippen molar-refractivity contribution in [3.8, 4) is 0 Å². The molecular formula is C14H26O4. The third-order valence-corrected chi connectivity index (χ3v) is 3.92. The van der Waals surface area contributed by atoms with Crippen LogP contribution in [-0.4, -0.2) is 31.6 Å². The molecule has 1 aliphatic rings. The van der Waals surface area contributed by atoms with Crippen molar-refractivity contribution in [2.75, 3.05) is 13.2 Å². The van der Waals surface area contributed by atoms with Gasteiger partial charge in [0, 0.05) is 19.4 Å². The normalized spacial score (nSPS) is 36.4. The predicted octanol–water partition coefficient (Wildman–Crippen LogP) is 2.61. The minimum Gasteiger partial charge on any atom is -0.463 e. The van der Waals surface area contributed by atoms with Crippen molar-refractivity contribution in [2.24, 2.45) is 17.8 Å². The monoisotopic (exact) mass is 258 g/mol. The van der Waals surface area contributed by atoms with Gasteiger partial charge in [0.25, 0.3) is 0 Å². The van der Waals surface area contributed by atoms with Gasteiger partial charge in [0.05, 0.1) is 6.10 Å². The Kier molecular flexibility index (Phi) is 6.09. The number of ether oxygens (including phenoxy) is 3. The number of esters is 1. The van der Waals surface area contributed by atoms with Gasteiger partial charge in [-0.3, -0.25) is 4.79 Å². The summed E-state index contributed by atoms with van der Waals surface area (Å²) >= 11 is 0. The lowest BCUT2D eigenvalue weighted by Crippen LogP contribution is -2.47. The first-order valence-corrected chi connectivity index (χ1v) is 6.87. The van der Waals surface area contributed by atoms with Crippen LogP contribution in [0.3, 0.4) is 0 Å². The highest BCUT2D eigenvalue weighted by molar-refractivity contribution is 5.65. The molecule has 0 aromatic rings. The molecule has 106 valence electrons. The summed E-state index contributed by atoms with van der Waals surface area (Å²) in [6, 6.07) is 0. The van der Waals surface area contributed by atoms with Crippen LogP contribution in [-0.2, 0) is 19.0 Å². The van der Waals surface area contributed by atoms with Gasteiger partial charge in [0.1, 0.15) is 6.61 Å². The van der Waals surface area contributed by atoms with Crippen molar-refractivity contribution in [1.29, 1.82) is 0 Å². The summed E-state index contributed by atoms with van der Waals surface area (Å²) < 4.78 is 16.7. The van der Waals surface area contributed by atoms with E-state index in [0.29, 0.717) is 31.0 Å². The summed E-state index contributed by atoms with van der Waals surface area (Å²) in [5.74, 6) is 0.949. The fourth-order valence-corrected chi connectivity index (χ4v) is 2.30. The van der Waals surface area contributed by atoms with Crippen molar-refractivity contribution in [3.05, 3.63) is 0 Å². The largest absolute Gasteiger partial charge is 0.463 e. The highest BCUT2D eigenvalue weighted by Crippen LogP contribution is 2.35. The van der Waals surface area contributed by atoms with Crippen LogP contribution in [0.5, 0.6) is 0 Å². The molecule has 18 heavy (non-hydrogen) atoms. The first-order chi connectivity index (χ1) is 8.47. The molecule has 0 N–H and O–H groups in total. The zero-order valence-corrected chi connectivity index (χ0v) is 12.1. The molecule has 0 saturated carbocycles. The van der Waals surface area contributed by atoms with Crippen LogP contribution in [0.15, 0.2) is 0 Å². The maximum atomic E-state index is 10.9. The van der Waals surface area contributed by atoms with Crippen LogP contribution >= 0.6 is 0 Å². The Labute approximate surface area is 110 Å². The molecule has 1 fully saturated rings. The highest BCUT2D eigenvalue weighted by Gasteiger charge is 2.39. The fraction of sp³-hybridized carbons (Fsp3) is 0.929. The van der Waals surface area contributed by atoms with Crippen LogP contribution in [0.2, 0.25) is 0 Å². The van der Waals surface area contributed by atoms with Crippen LogP contribution in [0.4, 0.5) is 0 Å². The van der Waals surface area contributed by atoms with Gasteiger partial charge < -0.3 is 14.2 Å². The lowest BCUT2D eigenvalue weighted by molar-refractivity contribution is -0.255. The van der Waals surface area contributed by atoms with E-state index in [2.05, 4.69) is 27.7 Å². The number of hydrogen-bond acceptors (Lipinski definition) is 4. The van der Waals surface area contributed by atoms with Crippen LogP contribution in [0, 0.1) is 17.8 Å². The standard InChI is InChI=1S/C14H26O4/c1-6-7-16-14-11(4)9(2)10(3)13(18-14)8-17-12(5)15/h9-11,13-14H,6-8H2,1-5H3/t9-,10+,11?,13?,14-/m0/s1. The van der Waals surface area contributed by atoms with Gasteiger partial charge >= 0.3 is 5.97 Å². The van der Waals surface area contributed by atoms with E-state index in [1.54, 1.807) is 0 Å². The molecule has 0 bridgehead atoms. The van der Waals surface area contributed by atoms with E-state index in [-0.39, 0.29) is 18.4 Å². The van der Waals surface area contributed by atoms with Crippen LogP contribution < -0.4 is 0 Å². The van der Waals surface area contributed by atoms with Gasteiger partial charge in [0.15, 0.2) is 6.29 Å². The summed E-state index contributed by atoms with van der Waals surface area (Å²) in [4.78, 5) is 10.9. The topological polar surface area (TPSA) is 44.8 Å². The molecule has 0 aliphatic carbocycles. The molecule has 2 unspecified atom stereocenters. The molecule has 1 rings (SSSR count). The molecule has 4 heteroatoms. The molecule has 0 amide bonds. The number of carbonyl (C=O) groups is 1. The van der Waals surface area contributed by atoms with Gasteiger partial charge in [-0.2, -0.15) is 0 Å². The molecule has 1 heterocycles. The van der Waals surface area contributed by atoms with Gasteiger partial charge in [-0.05, 0) is 18.3 Å². The van der Waals surface area contributed by atoms with E-state index in [9.17, 15) is 4.79 Å². The molecule has 0 aromatic heterocycles. The van der Waals surface area contributed by atoms with E-state index < -0.39 is 0 Å². The highest BCUT2D eigenvalue weighted by atomic mass is 16.7. The Morgan fingerprint density at radius 1 is 1.17 bits per heavy atom. The maximum Gasteiger partial charge on any atom is 0.302 e. The summed E-state index contributed by atoms with van der Waals surface area (Å²) in [6.07, 6.45) is 0.726. The predicted molar refractivity (Wildman–Crippen MR) is 69.0 cm³/mol. The van der Waals surface area contributed by atoms with E-state index in [4.69, 9.17) is 14.2 Å². The zero-order chi connectivity index (χ0) is 13.7. The van der Waals surface area contributed by atoms with Crippen molar-refractivity contribution in [3.63, 3.8) is 0 Å². The molecule has 5 atom stereocenters. The molecule has 0 aromatic carbocycles. The van der Waals surface area contributed by atoms with Crippen molar-refractivity contribution >= 4 is 5.97 Å². The Bertz CT molecular complexity index is 267. The van der Waals surface area contributed by atoms with E-state index in [1.165, 1.54) is 6.92 Å². The van der Waals surface area contributed by atoms with Gasteiger partial charge in [0.2, 0.25) is 0 Å². The maximum absolute atomic E-state index is 10.9. The quantitative estimate of drug-likeness (QED) is 0.711. The third-order valence-electron chi connectivity index (χ3n) is 3.92. The second-order valence-electron chi connectivity index (χ2n) is 5.29. The second-order valence-corrected chi connectivity index (χ2v) is 5.29. The van der Waals surface area contributed by atoms with E-state index >= 15 is 0 Å². The average Bonchev–Trinajstić information content (AvgIpc) is 2.34. The minimum absolute atomic E-state index is 0.0676. The van der Waals surface area contributed by atoms with E-state index in [1.807, 2.05) is 0 Å². The molecule has 0 radical (unpaired) electrons. The summed E-state index contributed by atoms with van der Waals surface area (Å²) in [5, 5.41) is 0. The molecule has 4 nitrogen and oxygen atoms in total. The molecule has 1 aliphatic heterocycles. The Morgan fingerprint density at radius 2 is 1.83 bits per heavy atom. The van der Waals surface area contributed by atoms with Gasteiger partial charge in [-0.25, -0.2) is 0 Å². The van der Waals surface area contributed by atoms with Gasteiger partial charge in [-0.15, -0.1) is 0 Å². The Balaban J connectivity index is 2.58. The Morgan fingerprint density at radius 3 is 2.39 bits per heavy atom. The summed E-state index contributed by atoms with van der Waals surface area (Å²) in [5.41, 5.74) is 0. The zero-order valence-electron chi connectivity index (χ0n) is 12.1. The number of carbonyl (C=O) groups excluding carboxylic acids is 1. The number of hydrogen-bond donors (Lipinski definition) is 0. The summed E-state index contributed by atoms with van der Waals surface area (Å²) in [7, 11) is 0. The second kappa shape index (κ2) is 7.10. The minimum atomic E-state index is -0.261. The lowest BCUT2D eigenvalue weighted by atomic mass is 9.79. The van der Waals surface area contributed by atoms with Crippen molar-refractivity contribution < 1.29 is 19.0 Å². The molecule has 0 spiro atoms. The van der Waals surface area contributed by atoms with E-state index in [0.717, 1.165) is 6.42 Å². The van der Waals surface area contributed by atoms with Crippen LogP contribution in [0.25, 0.3) is 0 Å². The first-order valence-electron chi connectivity index (χ1n) is 6.87. The summed E-state index contributed by atoms with van der Waals surface area (Å²) in [6.45, 7) is 11.0. The van der Waals surface area contributed by atoms with Crippen LogP contribution in [0.1, 0.15) is 41.0 Å². The molecular weight excluding hydrogens is 232 g/mol.